The van der Waals surface area contributed by atoms with E-state index in [2.05, 4.69) is 71.3 Å². The molecule has 0 fully saturated rings. The molecule has 6 heteroatoms. The lowest BCUT2D eigenvalue weighted by molar-refractivity contribution is 0.0602. The third-order valence-electron chi connectivity index (χ3n) is 5.76. The molecule has 1 heterocycles. The average Bonchev–Trinajstić information content (AvgIpc) is 3.29. The zero-order chi connectivity index (χ0) is 24.5. The molecule has 0 spiro atoms. The first-order chi connectivity index (χ1) is 17.1. The van der Waals surface area contributed by atoms with E-state index in [4.69, 9.17) is 17.0 Å². The average molecular weight is 501 g/mol. The molecule has 0 aliphatic carbocycles. The van der Waals surface area contributed by atoms with Crippen LogP contribution in [0.5, 0.6) is 0 Å². The Kier molecular flexibility index (Phi) is 8.65. The van der Waals surface area contributed by atoms with Crippen molar-refractivity contribution in [2.24, 2.45) is 0 Å². The molecule has 4 aromatic rings. The highest BCUT2D eigenvalue weighted by Gasteiger charge is 2.18. The number of rotatable bonds is 9. The minimum absolute atomic E-state index is 0.262. The summed E-state index contributed by atoms with van der Waals surface area (Å²) >= 11 is 7.10. The van der Waals surface area contributed by atoms with Crippen LogP contribution in [0.3, 0.4) is 0 Å². The summed E-state index contributed by atoms with van der Waals surface area (Å²) in [5, 5.41) is 7.73. The van der Waals surface area contributed by atoms with Crippen molar-refractivity contribution in [3.05, 3.63) is 124 Å². The lowest BCUT2D eigenvalue weighted by atomic mass is 9.88. The Balaban J connectivity index is 1.41. The molecule has 3 aromatic carbocycles. The molecule has 0 radical (unpaired) electrons. The molecular formula is C29H28N2O2S2. The van der Waals surface area contributed by atoms with Crippen molar-refractivity contribution >= 4 is 39.6 Å². The second kappa shape index (κ2) is 12.3. The Morgan fingerprint density at radius 2 is 1.49 bits per heavy atom. The Hall–Kier alpha value is -3.48. The Labute approximate surface area is 216 Å². The lowest BCUT2D eigenvalue weighted by Crippen LogP contribution is -2.30. The van der Waals surface area contributed by atoms with Crippen LogP contribution in [0.25, 0.3) is 0 Å². The largest absolute Gasteiger partial charge is 0.465 e. The summed E-state index contributed by atoms with van der Waals surface area (Å²) < 4.78 is 5.00. The quantitative estimate of drug-likeness (QED) is 0.199. The van der Waals surface area contributed by atoms with E-state index in [9.17, 15) is 4.79 Å². The summed E-state index contributed by atoms with van der Waals surface area (Å²) in [4.78, 5) is 13.4. The van der Waals surface area contributed by atoms with E-state index in [0.717, 1.165) is 17.7 Å². The number of anilines is 1. The van der Waals surface area contributed by atoms with Crippen LogP contribution in [0, 0.1) is 0 Å². The summed E-state index contributed by atoms with van der Waals surface area (Å²) in [6, 6.07) is 33.1. The molecular weight excluding hydrogens is 472 g/mol. The Morgan fingerprint density at radius 3 is 2.06 bits per heavy atom. The third-order valence-corrected chi connectivity index (χ3v) is 7.06. The molecule has 0 bridgehead atoms. The van der Waals surface area contributed by atoms with E-state index < -0.39 is 0 Å². The highest BCUT2D eigenvalue weighted by Crippen LogP contribution is 2.31. The van der Waals surface area contributed by atoms with E-state index in [0.29, 0.717) is 22.2 Å². The van der Waals surface area contributed by atoms with Gasteiger partial charge in [-0.3, -0.25) is 0 Å². The van der Waals surface area contributed by atoms with Crippen LogP contribution in [0.1, 0.15) is 44.3 Å². The predicted octanol–water partition coefficient (Wildman–Crippen LogP) is 6.63. The fourth-order valence-corrected chi connectivity index (χ4v) is 5.41. The topological polar surface area (TPSA) is 50.4 Å². The van der Waals surface area contributed by atoms with Crippen molar-refractivity contribution in [2.45, 2.75) is 18.8 Å². The van der Waals surface area contributed by atoms with Crippen molar-refractivity contribution < 1.29 is 9.53 Å². The highest BCUT2D eigenvalue weighted by atomic mass is 32.1. The number of methoxy groups -OCH3 is 1. The number of ether oxygens (including phenoxy) is 1. The number of hydrogen-bond donors (Lipinski definition) is 2. The fraction of sp³-hybridized carbons (Fsp3) is 0.172. The van der Waals surface area contributed by atoms with Crippen LogP contribution in [0.2, 0.25) is 0 Å². The SMILES string of the molecule is COC(=O)c1cc(Cc2ccccc2)sc1NC(=S)NCCC(c1ccccc1)c1ccccc1. The van der Waals surface area contributed by atoms with Crippen LogP contribution in [0.15, 0.2) is 97.1 Å². The van der Waals surface area contributed by atoms with E-state index in [1.165, 1.54) is 35.1 Å². The summed E-state index contributed by atoms with van der Waals surface area (Å²) in [5.41, 5.74) is 4.23. The van der Waals surface area contributed by atoms with Crippen LogP contribution in [-0.2, 0) is 11.2 Å². The van der Waals surface area contributed by atoms with Crippen molar-refractivity contribution in [1.82, 2.24) is 5.32 Å². The molecule has 0 atom stereocenters. The number of thiophene rings is 1. The lowest BCUT2D eigenvalue weighted by Gasteiger charge is -2.19. The summed E-state index contributed by atoms with van der Waals surface area (Å²) in [6.07, 6.45) is 1.62. The molecule has 1 aromatic heterocycles. The maximum absolute atomic E-state index is 12.4. The maximum atomic E-state index is 12.4. The van der Waals surface area contributed by atoms with Gasteiger partial charge in [0, 0.05) is 23.8 Å². The monoisotopic (exact) mass is 500 g/mol. The molecule has 4 rings (SSSR count). The molecule has 178 valence electrons. The number of esters is 1. The van der Waals surface area contributed by atoms with Gasteiger partial charge in [0.05, 0.1) is 12.7 Å². The molecule has 2 N–H and O–H groups in total. The van der Waals surface area contributed by atoms with Gasteiger partial charge < -0.3 is 15.4 Å². The molecule has 0 saturated heterocycles. The van der Waals surface area contributed by atoms with Gasteiger partial charge in [-0.1, -0.05) is 91.0 Å². The van der Waals surface area contributed by atoms with Gasteiger partial charge in [-0.15, -0.1) is 11.3 Å². The minimum Gasteiger partial charge on any atom is -0.465 e. The van der Waals surface area contributed by atoms with Crippen LogP contribution >= 0.6 is 23.6 Å². The first kappa shape index (κ1) is 24.6. The zero-order valence-electron chi connectivity index (χ0n) is 19.6. The van der Waals surface area contributed by atoms with Gasteiger partial charge >= 0.3 is 5.97 Å². The molecule has 0 aliphatic heterocycles. The number of benzene rings is 3. The van der Waals surface area contributed by atoms with Gasteiger partial charge in [0.1, 0.15) is 5.00 Å². The van der Waals surface area contributed by atoms with Crippen LogP contribution in [-0.4, -0.2) is 24.7 Å². The van der Waals surface area contributed by atoms with Gasteiger partial charge in [0.2, 0.25) is 0 Å². The van der Waals surface area contributed by atoms with Crippen molar-refractivity contribution in [2.75, 3.05) is 19.0 Å². The van der Waals surface area contributed by atoms with E-state index in [-0.39, 0.29) is 11.9 Å². The molecule has 0 saturated carbocycles. The van der Waals surface area contributed by atoms with Crippen molar-refractivity contribution in [3.63, 3.8) is 0 Å². The minimum atomic E-state index is -0.376. The Bertz CT molecular complexity index is 1200. The van der Waals surface area contributed by atoms with Gasteiger partial charge in [0.25, 0.3) is 0 Å². The van der Waals surface area contributed by atoms with E-state index >= 15 is 0 Å². The van der Waals surface area contributed by atoms with Crippen molar-refractivity contribution in [3.8, 4) is 0 Å². The van der Waals surface area contributed by atoms with Gasteiger partial charge in [-0.05, 0) is 41.4 Å². The number of hydrogen-bond acceptors (Lipinski definition) is 4. The molecule has 0 aliphatic rings. The normalized spacial score (nSPS) is 10.7. The standard InChI is InChI=1S/C29H28N2O2S2/c1-33-28(32)26-20-24(19-21-11-5-2-6-12-21)35-27(26)31-29(34)30-18-17-25(22-13-7-3-8-14-22)23-15-9-4-10-16-23/h2-16,20,25H,17-19H2,1H3,(H2,30,31,34). The fourth-order valence-electron chi connectivity index (χ4n) is 4.05. The van der Waals surface area contributed by atoms with Gasteiger partial charge in [-0.25, -0.2) is 4.79 Å². The van der Waals surface area contributed by atoms with Crippen molar-refractivity contribution in [1.29, 1.82) is 0 Å². The van der Waals surface area contributed by atoms with Crippen LogP contribution in [0.4, 0.5) is 5.00 Å². The Morgan fingerprint density at radius 1 is 0.914 bits per heavy atom. The molecule has 4 nitrogen and oxygen atoms in total. The highest BCUT2D eigenvalue weighted by molar-refractivity contribution is 7.80. The number of thiocarbonyl (C=S) groups is 1. The van der Waals surface area contributed by atoms with E-state index in [1.807, 2.05) is 36.4 Å². The smallest absolute Gasteiger partial charge is 0.340 e. The third kappa shape index (κ3) is 6.78. The second-order valence-corrected chi connectivity index (χ2v) is 9.70. The number of carbonyl (C=O) groups excluding carboxylic acids is 1. The molecule has 35 heavy (non-hydrogen) atoms. The van der Waals surface area contributed by atoms with E-state index in [1.54, 1.807) is 0 Å². The first-order valence-electron chi connectivity index (χ1n) is 11.5. The zero-order valence-corrected chi connectivity index (χ0v) is 21.2. The number of carbonyl (C=O) groups is 1. The summed E-state index contributed by atoms with van der Waals surface area (Å²) in [7, 11) is 1.39. The second-order valence-electron chi connectivity index (χ2n) is 8.15. The predicted molar refractivity (Wildman–Crippen MR) is 148 cm³/mol. The summed E-state index contributed by atoms with van der Waals surface area (Å²) in [5.74, 6) is -0.114. The van der Waals surface area contributed by atoms with Crippen LogP contribution < -0.4 is 10.6 Å². The first-order valence-corrected chi connectivity index (χ1v) is 12.8. The maximum Gasteiger partial charge on any atom is 0.340 e. The van der Waals surface area contributed by atoms with Gasteiger partial charge in [0.15, 0.2) is 5.11 Å². The summed E-state index contributed by atoms with van der Waals surface area (Å²) in [6.45, 7) is 0.691. The van der Waals surface area contributed by atoms with Gasteiger partial charge in [-0.2, -0.15) is 0 Å². The molecule has 0 unspecified atom stereocenters. The molecule has 0 amide bonds. The number of nitrogens with one attached hydrogen (secondary N) is 2.